The van der Waals surface area contributed by atoms with E-state index in [2.05, 4.69) is 5.32 Å². The van der Waals surface area contributed by atoms with Crippen LogP contribution in [0.5, 0.6) is 0 Å². The molecule has 2 rings (SSSR count). The summed E-state index contributed by atoms with van der Waals surface area (Å²) in [4.78, 5) is 23.3. The van der Waals surface area contributed by atoms with Crippen molar-refractivity contribution in [3.8, 4) is 0 Å². The number of amides is 1. The second kappa shape index (κ2) is 5.52. The summed E-state index contributed by atoms with van der Waals surface area (Å²) in [6.45, 7) is 1.44. The standard InChI is InChI=1S/C15H13FN2O2/c1-9(19)10-3-2-4-12(7-10)18-15(20)13-6-5-11(16)8-14(13)17/h2-8H,17H2,1H3,(H,18,20). The Morgan fingerprint density at radius 1 is 1.15 bits per heavy atom. The Hall–Kier alpha value is -2.69. The molecule has 0 saturated carbocycles. The van der Waals surface area contributed by atoms with Crippen molar-refractivity contribution in [3.05, 3.63) is 59.4 Å². The average Bonchev–Trinajstić information content (AvgIpc) is 2.38. The Kier molecular flexibility index (Phi) is 3.79. The number of halogens is 1. The van der Waals surface area contributed by atoms with Gasteiger partial charge >= 0.3 is 0 Å². The van der Waals surface area contributed by atoms with Crippen molar-refractivity contribution >= 4 is 23.1 Å². The van der Waals surface area contributed by atoms with Crippen LogP contribution in [0, 0.1) is 5.82 Å². The molecule has 0 spiro atoms. The summed E-state index contributed by atoms with van der Waals surface area (Å²) < 4.78 is 12.9. The maximum Gasteiger partial charge on any atom is 0.257 e. The summed E-state index contributed by atoms with van der Waals surface area (Å²) in [6.07, 6.45) is 0. The molecule has 0 radical (unpaired) electrons. The van der Waals surface area contributed by atoms with E-state index in [9.17, 15) is 14.0 Å². The predicted molar refractivity (Wildman–Crippen MR) is 75.2 cm³/mol. The first kappa shape index (κ1) is 13.7. The van der Waals surface area contributed by atoms with Crippen molar-refractivity contribution in [1.29, 1.82) is 0 Å². The molecule has 0 unspecified atom stereocenters. The van der Waals surface area contributed by atoms with Crippen LogP contribution in [-0.2, 0) is 0 Å². The van der Waals surface area contributed by atoms with Gasteiger partial charge < -0.3 is 11.1 Å². The average molecular weight is 272 g/mol. The lowest BCUT2D eigenvalue weighted by Crippen LogP contribution is -2.14. The summed E-state index contributed by atoms with van der Waals surface area (Å²) in [5.74, 6) is -1.05. The van der Waals surface area contributed by atoms with E-state index in [0.717, 1.165) is 12.1 Å². The highest BCUT2D eigenvalue weighted by Crippen LogP contribution is 2.17. The van der Waals surface area contributed by atoms with E-state index in [1.54, 1.807) is 24.3 Å². The topological polar surface area (TPSA) is 72.2 Å². The summed E-state index contributed by atoms with van der Waals surface area (Å²) in [5, 5.41) is 2.62. The maximum atomic E-state index is 12.9. The van der Waals surface area contributed by atoms with E-state index in [-0.39, 0.29) is 17.0 Å². The lowest BCUT2D eigenvalue weighted by molar-refractivity contribution is 0.101. The minimum atomic E-state index is -0.502. The molecule has 0 aliphatic heterocycles. The van der Waals surface area contributed by atoms with Crippen LogP contribution in [0.2, 0.25) is 0 Å². The number of hydrogen-bond acceptors (Lipinski definition) is 3. The lowest BCUT2D eigenvalue weighted by Gasteiger charge is -2.08. The van der Waals surface area contributed by atoms with Crippen LogP contribution < -0.4 is 11.1 Å². The van der Waals surface area contributed by atoms with Gasteiger partial charge in [-0.15, -0.1) is 0 Å². The fraction of sp³-hybridized carbons (Fsp3) is 0.0667. The van der Waals surface area contributed by atoms with Crippen molar-refractivity contribution in [2.24, 2.45) is 0 Å². The largest absolute Gasteiger partial charge is 0.398 e. The van der Waals surface area contributed by atoms with Gasteiger partial charge in [-0.3, -0.25) is 9.59 Å². The number of nitrogens with two attached hydrogens (primary N) is 1. The number of nitrogens with one attached hydrogen (secondary N) is 1. The normalized spacial score (nSPS) is 10.1. The molecule has 3 N–H and O–H groups in total. The third kappa shape index (κ3) is 3.00. The SMILES string of the molecule is CC(=O)c1cccc(NC(=O)c2ccc(F)cc2N)c1. The Morgan fingerprint density at radius 2 is 1.90 bits per heavy atom. The number of carbonyl (C=O) groups excluding carboxylic acids is 2. The van der Waals surface area contributed by atoms with Crippen LogP contribution in [0.25, 0.3) is 0 Å². The highest BCUT2D eigenvalue weighted by molar-refractivity contribution is 6.08. The number of Topliss-reactive ketones (excluding diaryl/α,β-unsaturated/α-hetero) is 1. The molecule has 2 aromatic carbocycles. The number of carbonyl (C=O) groups is 2. The van der Waals surface area contributed by atoms with Gasteiger partial charge in [-0.2, -0.15) is 0 Å². The third-order valence-corrected chi connectivity index (χ3v) is 2.79. The Balaban J connectivity index is 2.23. The smallest absolute Gasteiger partial charge is 0.257 e. The van der Waals surface area contributed by atoms with Gasteiger partial charge in [-0.05, 0) is 37.3 Å². The zero-order chi connectivity index (χ0) is 14.7. The number of rotatable bonds is 3. The minimum Gasteiger partial charge on any atom is -0.398 e. The maximum absolute atomic E-state index is 12.9. The number of hydrogen-bond donors (Lipinski definition) is 2. The number of ketones is 1. The first-order valence-corrected chi connectivity index (χ1v) is 5.95. The number of anilines is 2. The van der Waals surface area contributed by atoms with Gasteiger partial charge in [-0.1, -0.05) is 12.1 Å². The molecule has 1 amide bonds. The molecule has 0 aromatic heterocycles. The van der Waals surface area contributed by atoms with Gasteiger partial charge in [0.25, 0.3) is 5.91 Å². The molecule has 2 aromatic rings. The zero-order valence-electron chi connectivity index (χ0n) is 10.8. The molecule has 0 bridgehead atoms. The molecule has 20 heavy (non-hydrogen) atoms. The molecule has 0 saturated heterocycles. The molecule has 5 heteroatoms. The summed E-state index contributed by atoms with van der Waals surface area (Å²) >= 11 is 0. The van der Waals surface area contributed by atoms with Crippen LogP contribution in [0.1, 0.15) is 27.6 Å². The van der Waals surface area contributed by atoms with E-state index in [0.29, 0.717) is 11.3 Å². The van der Waals surface area contributed by atoms with Gasteiger partial charge in [-0.25, -0.2) is 4.39 Å². The van der Waals surface area contributed by atoms with Gasteiger partial charge in [0.2, 0.25) is 0 Å². The second-order valence-corrected chi connectivity index (χ2v) is 4.32. The zero-order valence-corrected chi connectivity index (χ0v) is 10.8. The molecular formula is C15H13FN2O2. The van der Waals surface area contributed by atoms with E-state index in [4.69, 9.17) is 5.73 Å². The van der Waals surface area contributed by atoms with Crippen LogP contribution in [0.15, 0.2) is 42.5 Å². The van der Waals surface area contributed by atoms with Crippen molar-refractivity contribution in [2.45, 2.75) is 6.92 Å². The highest BCUT2D eigenvalue weighted by Gasteiger charge is 2.11. The Morgan fingerprint density at radius 3 is 2.55 bits per heavy atom. The molecule has 4 nitrogen and oxygen atoms in total. The second-order valence-electron chi connectivity index (χ2n) is 4.32. The molecule has 102 valence electrons. The van der Waals surface area contributed by atoms with Crippen molar-refractivity contribution in [1.82, 2.24) is 0 Å². The van der Waals surface area contributed by atoms with Gasteiger partial charge in [0.1, 0.15) is 5.82 Å². The Labute approximate surface area is 115 Å². The van der Waals surface area contributed by atoms with Gasteiger partial charge in [0, 0.05) is 16.9 Å². The first-order chi connectivity index (χ1) is 9.47. The summed E-state index contributed by atoms with van der Waals surface area (Å²) in [6, 6.07) is 10.1. The lowest BCUT2D eigenvalue weighted by atomic mass is 10.1. The van der Waals surface area contributed by atoms with E-state index in [1.807, 2.05) is 0 Å². The minimum absolute atomic E-state index is 0.0604. The van der Waals surface area contributed by atoms with Crippen LogP contribution in [-0.4, -0.2) is 11.7 Å². The van der Waals surface area contributed by atoms with E-state index in [1.165, 1.54) is 13.0 Å². The van der Waals surface area contributed by atoms with E-state index >= 15 is 0 Å². The molecule has 0 fully saturated rings. The van der Waals surface area contributed by atoms with Crippen molar-refractivity contribution < 1.29 is 14.0 Å². The fourth-order valence-electron chi connectivity index (χ4n) is 1.75. The molecule has 0 heterocycles. The molecular weight excluding hydrogens is 259 g/mol. The van der Waals surface area contributed by atoms with Crippen molar-refractivity contribution in [2.75, 3.05) is 11.1 Å². The Bertz CT molecular complexity index is 683. The number of nitrogen functional groups attached to an aromatic ring is 1. The first-order valence-electron chi connectivity index (χ1n) is 5.95. The monoisotopic (exact) mass is 272 g/mol. The fourth-order valence-corrected chi connectivity index (χ4v) is 1.75. The van der Waals surface area contributed by atoms with E-state index < -0.39 is 11.7 Å². The molecule has 0 aliphatic carbocycles. The van der Waals surface area contributed by atoms with Crippen LogP contribution >= 0.6 is 0 Å². The van der Waals surface area contributed by atoms with Crippen LogP contribution in [0.4, 0.5) is 15.8 Å². The molecule has 0 aliphatic rings. The number of benzene rings is 2. The van der Waals surface area contributed by atoms with Crippen molar-refractivity contribution in [3.63, 3.8) is 0 Å². The quantitative estimate of drug-likeness (QED) is 0.666. The molecule has 0 atom stereocenters. The highest BCUT2D eigenvalue weighted by atomic mass is 19.1. The summed E-state index contributed by atoms with van der Waals surface area (Å²) in [7, 11) is 0. The predicted octanol–water partition coefficient (Wildman–Crippen LogP) is 2.86. The van der Waals surface area contributed by atoms with Gasteiger partial charge in [0.05, 0.1) is 5.56 Å². The summed E-state index contributed by atoms with van der Waals surface area (Å²) in [5.41, 5.74) is 6.81. The van der Waals surface area contributed by atoms with Gasteiger partial charge in [0.15, 0.2) is 5.78 Å². The van der Waals surface area contributed by atoms with Crippen LogP contribution in [0.3, 0.4) is 0 Å². The third-order valence-electron chi connectivity index (χ3n) is 2.79.